The molecule has 0 unspecified atom stereocenters. The molecule has 5 nitrogen and oxygen atoms in total. The molecule has 7 heteroatoms. The average molecular weight is 477 g/mol. The summed E-state index contributed by atoms with van der Waals surface area (Å²) >= 11 is 7.68. The van der Waals surface area contributed by atoms with Crippen LogP contribution in [0.25, 0.3) is 11.4 Å². The quantitative estimate of drug-likeness (QED) is 0.320. The molecule has 4 aromatic rings. The second-order valence-corrected chi connectivity index (χ2v) is 8.97. The molecule has 0 aliphatic heterocycles. The molecule has 0 fully saturated rings. The van der Waals surface area contributed by atoms with Gasteiger partial charge in [0.1, 0.15) is 0 Å². The van der Waals surface area contributed by atoms with Crippen LogP contribution in [0.5, 0.6) is 0 Å². The summed E-state index contributed by atoms with van der Waals surface area (Å²) in [6, 6.07) is 25.6. The Hall–Kier alpha value is -3.09. The van der Waals surface area contributed by atoms with Gasteiger partial charge in [-0.2, -0.15) is 0 Å². The topological polar surface area (TPSA) is 59.8 Å². The highest BCUT2D eigenvalue weighted by Gasteiger charge is 2.19. The number of nitrogens with one attached hydrogen (secondary N) is 1. The molecular weight excluding hydrogens is 452 g/mol. The minimum atomic E-state index is -0.213. The monoisotopic (exact) mass is 476 g/mol. The molecule has 1 amide bonds. The van der Waals surface area contributed by atoms with E-state index < -0.39 is 0 Å². The summed E-state index contributed by atoms with van der Waals surface area (Å²) in [6.45, 7) is 4.69. The number of hydrogen-bond donors (Lipinski definition) is 1. The Morgan fingerprint density at radius 2 is 1.64 bits per heavy atom. The van der Waals surface area contributed by atoms with Crippen molar-refractivity contribution in [1.29, 1.82) is 0 Å². The SMILES string of the molecule is CCn1c(SCC(=O)NC(c2ccccc2)c2ccccc2)nnc1-c1ccc(C)c(Cl)c1. The first-order valence-corrected chi connectivity index (χ1v) is 12.1. The Morgan fingerprint density at radius 1 is 1.00 bits per heavy atom. The van der Waals surface area contributed by atoms with Gasteiger partial charge in [0, 0.05) is 17.1 Å². The molecule has 1 N–H and O–H groups in total. The number of hydrogen-bond acceptors (Lipinski definition) is 4. The van der Waals surface area contributed by atoms with Crippen molar-refractivity contribution < 1.29 is 4.79 Å². The summed E-state index contributed by atoms with van der Waals surface area (Å²) in [5.41, 5.74) is 4.00. The first-order chi connectivity index (χ1) is 16.1. The van der Waals surface area contributed by atoms with Gasteiger partial charge in [0.05, 0.1) is 11.8 Å². The largest absolute Gasteiger partial charge is 0.344 e. The Kier molecular flexibility index (Phi) is 7.47. The van der Waals surface area contributed by atoms with Crippen LogP contribution in [0.2, 0.25) is 5.02 Å². The maximum absolute atomic E-state index is 12.9. The van der Waals surface area contributed by atoms with Crippen LogP contribution in [0, 0.1) is 6.92 Å². The van der Waals surface area contributed by atoms with Crippen LogP contribution in [-0.2, 0) is 11.3 Å². The molecule has 0 spiro atoms. The number of carbonyl (C=O) groups excluding carboxylic acids is 1. The van der Waals surface area contributed by atoms with E-state index in [1.807, 2.05) is 97.3 Å². The van der Waals surface area contributed by atoms with Crippen molar-refractivity contribution in [2.24, 2.45) is 0 Å². The van der Waals surface area contributed by atoms with Gasteiger partial charge >= 0.3 is 0 Å². The van der Waals surface area contributed by atoms with Crippen LogP contribution in [-0.4, -0.2) is 26.4 Å². The summed E-state index contributed by atoms with van der Waals surface area (Å²) in [5, 5.41) is 13.3. The zero-order valence-corrected chi connectivity index (χ0v) is 20.1. The van der Waals surface area contributed by atoms with Crippen LogP contribution in [0.15, 0.2) is 84.0 Å². The maximum atomic E-state index is 12.9. The van der Waals surface area contributed by atoms with Gasteiger partial charge in [-0.15, -0.1) is 10.2 Å². The van der Waals surface area contributed by atoms with Crippen LogP contribution in [0.3, 0.4) is 0 Å². The lowest BCUT2D eigenvalue weighted by atomic mass is 9.99. The van der Waals surface area contributed by atoms with Crippen molar-refractivity contribution in [1.82, 2.24) is 20.1 Å². The molecular formula is C26H25ClN4OS. The summed E-state index contributed by atoms with van der Waals surface area (Å²) in [4.78, 5) is 12.9. The summed E-state index contributed by atoms with van der Waals surface area (Å²) in [7, 11) is 0. The van der Waals surface area contributed by atoms with Gasteiger partial charge < -0.3 is 9.88 Å². The first-order valence-electron chi connectivity index (χ1n) is 10.8. The van der Waals surface area contributed by atoms with E-state index in [4.69, 9.17) is 11.6 Å². The lowest BCUT2D eigenvalue weighted by Gasteiger charge is -2.20. The molecule has 1 heterocycles. The molecule has 4 rings (SSSR count). The van der Waals surface area contributed by atoms with Crippen molar-refractivity contribution in [2.45, 2.75) is 31.6 Å². The fourth-order valence-electron chi connectivity index (χ4n) is 3.61. The van der Waals surface area contributed by atoms with Gasteiger partial charge in [0.2, 0.25) is 5.91 Å². The Balaban J connectivity index is 1.49. The molecule has 0 saturated carbocycles. The van der Waals surface area contributed by atoms with Gasteiger partial charge in [-0.1, -0.05) is 96.2 Å². The predicted molar refractivity (Wildman–Crippen MR) is 134 cm³/mol. The zero-order valence-electron chi connectivity index (χ0n) is 18.5. The number of halogens is 1. The minimum absolute atomic E-state index is 0.0664. The second kappa shape index (κ2) is 10.7. The van der Waals surface area contributed by atoms with E-state index in [-0.39, 0.29) is 17.7 Å². The van der Waals surface area contributed by atoms with Crippen molar-refractivity contribution in [2.75, 3.05) is 5.75 Å². The lowest BCUT2D eigenvalue weighted by molar-refractivity contribution is -0.119. The van der Waals surface area contributed by atoms with Crippen molar-refractivity contribution in [3.05, 3.63) is 101 Å². The maximum Gasteiger partial charge on any atom is 0.231 e. The number of amides is 1. The molecule has 1 aromatic heterocycles. The number of thioether (sulfide) groups is 1. The lowest BCUT2D eigenvalue weighted by Crippen LogP contribution is -2.30. The smallest absolute Gasteiger partial charge is 0.231 e. The van der Waals surface area contributed by atoms with Gasteiger partial charge in [0.15, 0.2) is 11.0 Å². The van der Waals surface area contributed by atoms with Crippen molar-refractivity contribution in [3.8, 4) is 11.4 Å². The zero-order chi connectivity index (χ0) is 23.2. The van der Waals surface area contributed by atoms with Gasteiger partial charge in [-0.3, -0.25) is 4.79 Å². The highest BCUT2D eigenvalue weighted by atomic mass is 35.5. The van der Waals surface area contributed by atoms with Crippen molar-refractivity contribution in [3.63, 3.8) is 0 Å². The Labute approximate surface area is 203 Å². The van der Waals surface area contributed by atoms with Crippen LogP contribution in [0.1, 0.15) is 29.7 Å². The molecule has 33 heavy (non-hydrogen) atoms. The number of aromatic nitrogens is 3. The minimum Gasteiger partial charge on any atom is -0.344 e. The number of rotatable bonds is 8. The second-order valence-electron chi connectivity index (χ2n) is 7.62. The Bertz CT molecular complexity index is 1190. The molecule has 0 atom stereocenters. The van der Waals surface area contributed by atoms with E-state index >= 15 is 0 Å². The van der Waals surface area contributed by atoms with Gasteiger partial charge in [0.25, 0.3) is 0 Å². The van der Waals surface area contributed by atoms with Crippen LogP contribution in [0.4, 0.5) is 0 Å². The molecule has 0 bridgehead atoms. The summed E-state index contributed by atoms with van der Waals surface area (Å²) in [5.74, 6) is 0.917. The molecule has 168 valence electrons. The highest BCUT2D eigenvalue weighted by molar-refractivity contribution is 7.99. The normalized spacial score (nSPS) is 11.0. The van der Waals surface area contributed by atoms with Crippen LogP contribution < -0.4 is 5.32 Å². The van der Waals surface area contributed by atoms with E-state index in [1.165, 1.54) is 11.8 Å². The van der Waals surface area contributed by atoms with E-state index in [9.17, 15) is 4.79 Å². The van der Waals surface area contributed by atoms with E-state index in [1.54, 1.807) is 0 Å². The molecule has 3 aromatic carbocycles. The number of aryl methyl sites for hydroxylation is 1. The van der Waals surface area contributed by atoms with Crippen molar-refractivity contribution >= 4 is 29.3 Å². The van der Waals surface area contributed by atoms with Gasteiger partial charge in [-0.05, 0) is 36.6 Å². The fraction of sp³-hybridized carbons (Fsp3) is 0.192. The van der Waals surface area contributed by atoms with E-state index in [0.29, 0.717) is 16.7 Å². The van der Waals surface area contributed by atoms with E-state index in [2.05, 4.69) is 15.5 Å². The molecule has 0 saturated heterocycles. The number of benzene rings is 3. The summed E-state index contributed by atoms with van der Waals surface area (Å²) < 4.78 is 2.00. The molecule has 0 aliphatic carbocycles. The molecule has 0 aliphatic rings. The third kappa shape index (κ3) is 5.46. The van der Waals surface area contributed by atoms with Crippen LogP contribution >= 0.6 is 23.4 Å². The predicted octanol–water partition coefficient (Wildman–Crippen LogP) is 5.92. The molecule has 0 radical (unpaired) electrons. The third-order valence-electron chi connectivity index (χ3n) is 5.37. The highest BCUT2D eigenvalue weighted by Crippen LogP contribution is 2.28. The number of nitrogens with zero attached hydrogens (tertiary/aromatic N) is 3. The first kappa shape index (κ1) is 23.1. The number of carbonyl (C=O) groups is 1. The van der Waals surface area contributed by atoms with E-state index in [0.717, 1.165) is 28.1 Å². The average Bonchev–Trinajstić information content (AvgIpc) is 3.27. The Morgan fingerprint density at radius 3 is 2.21 bits per heavy atom. The van der Waals surface area contributed by atoms with Gasteiger partial charge in [-0.25, -0.2) is 0 Å². The fourth-order valence-corrected chi connectivity index (χ4v) is 4.60. The summed E-state index contributed by atoms with van der Waals surface area (Å²) in [6.07, 6.45) is 0. The standard InChI is InChI=1S/C26H25ClN4OS/c1-3-31-25(21-15-14-18(2)22(27)16-21)29-30-26(31)33-17-23(32)28-24(19-10-6-4-7-11-19)20-12-8-5-9-13-20/h4-16,24H,3,17H2,1-2H3,(H,28,32). The third-order valence-corrected chi connectivity index (χ3v) is 6.74.